The van der Waals surface area contributed by atoms with Crippen molar-refractivity contribution in [1.29, 1.82) is 0 Å². The van der Waals surface area contributed by atoms with E-state index in [0.29, 0.717) is 0 Å². The van der Waals surface area contributed by atoms with Crippen molar-refractivity contribution < 1.29 is 23.1 Å². The number of hydrogen-bond acceptors (Lipinski definition) is 3. The molecule has 0 N–H and O–H groups in total. The number of ether oxygens (including phenoxy) is 1. The molecule has 0 saturated heterocycles. The third-order valence-corrected chi connectivity index (χ3v) is 2.85. The summed E-state index contributed by atoms with van der Waals surface area (Å²) < 4.78 is 32.1. The fraction of sp³-hybridized carbons (Fsp3) is 0.0769. The molecular weight excluding hydrogens is 242 g/mol. The third kappa shape index (κ3) is 1.40. The fourth-order valence-electron chi connectivity index (χ4n) is 2.03. The van der Waals surface area contributed by atoms with Gasteiger partial charge in [-0.3, -0.25) is 4.79 Å². The molecule has 0 fully saturated rings. The molecule has 1 aliphatic carbocycles. The molecule has 1 unspecified atom stereocenters. The maximum absolute atomic E-state index is 14.4. The van der Waals surface area contributed by atoms with E-state index in [1.807, 2.05) is 0 Å². The van der Waals surface area contributed by atoms with Crippen molar-refractivity contribution in [3.8, 4) is 0 Å². The van der Waals surface area contributed by atoms with E-state index in [2.05, 4.69) is 4.74 Å². The summed E-state index contributed by atoms with van der Waals surface area (Å²) in [6.07, 6.45) is 2.92. The van der Waals surface area contributed by atoms with E-state index < -0.39 is 23.4 Å². The molecule has 0 aromatic heterocycles. The second kappa shape index (κ2) is 3.35. The molecule has 1 aliphatic heterocycles. The van der Waals surface area contributed by atoms with Crippen LogP contribution in [-0.2, 0) is 9.53 Å². The second-order valence-electron chi connectivity index (χ2n) is 4.02. The molecule has 0 saturated carbocycles. The number of alkyl halides is 1. The number of halogens is 2. The highest BCUT2D eigenvalue weighted by Gasteiger charge is 2.45. The molecule has 1 aromatic carbocycles. The normalized spacial score (nSPS) is 25.1. The highest BCUT2D eigenvalue weighted by Crippen LogP contribution is 2.42. The van der Waals surface area contributed by atoms with Crippen LogP contribution in [0.15, 0.2) is 36.4 Å². The minimum absolute atomic E-state index is 0.0791. The number of esters is 1. The molecule has 90 valence electrons. The summed E-state index contributed by atoms with van der Waals surface area (Å²) in [6, 6.07) is 3.32. The van der Waals surface area contributed by atoms with Crippen molar-refractivity contribution in [2.75, 3.05) is 0 Å². The average molecular weight is 248 g/mol. The van der Waals surface area contributed by atoms with Crippen LogP contribution in [-0.4, -0.2) is 17.6 Å². The van der Waals surface area contributed by atoms with Crippen molar-refractivity contribution >= 4 is 17.3 Å². The Hall–Kier alpha value is -2.30. The fourth-order valence-corrected chi connectivity index (χ4v) is 2.03. The summed E-state index contributed by atoms with van der Waals surface area (Å²) in [5.41, 5.74) is 0.00933. The lowest BCUT2D eigenvalue weighted by atomic mass is 9.87. The predicted octanol–water partition coefficient (Wildman–Crippen LogP) is 2.18. The minimum atomic E-state index is -2.45. The average Bonchev–Trinajstić information content (AvgIpc) is 2.32. The zero-order chi connectivity index (χ0) is 12.9. The summed E-state index contributed by atoms with van der Waals surface area (Å²) >= 11 is 0. The van der Waals surface area contributed by atoms with Gasteiger partial charge in [0.25, 0.3) is 5.85 Å². The SMILES string of the molecule is O=C1C=CC2(F)OC(=O)c3cc(F)ccc3C2=C1. The van der Waals surface area contributed by atoms with E-state index in [4.69, 9.17) is 0 Å². The zero-order valence-electron chi connectivity index (χ0n) is 8.94. The van der Waals surface area contributed by atoms with E-state index in [1.54, 1.807) is 0 Å². The van der Waals surface area contributed by atoms with Gasteiger partial charge < -0.3 is 4.74 Å². The zero-order valence-corrected chi connectivity index (χ0v) is 8.94. The Bertz CT molecular complexity index is 646. The van der Waals surface area contributed by atoms with Gasteiger partial charge in [-0.15, -0.1) is 0 Å². The van der Waals surface area contributed by atoms with Gasteiger partial charge in [0.1, 0.15) is 5.82 Å². The molecule has 1 heterocycles. The van der Waals surface area contributed by atoms with Crippen LogP contribution in [0, 0.1) is 5.82 Å². The van der Waals surface area contributed by atoms with Gasteiger partial charge in [-0.05, 0) is 29.8 Å². The van der Waals surface area contributed by atoms with E-state index in [9.17, 15) is 18.4 Å². The first kappa shape index (κ1) is 10.8. The summed E-state index contributed by atoms with van der Waals surface area (Å²) in [6.45, 7) is 0. The van der Waals surface area contributed by atoms with Crippen molar-refractivity contribution in [1.82, 2.24) is 0 Å². The maximum atomic E-state index is 14.4. The number of fused-ring (bicyclic) bond motifs is 3. The predicted molar refractivity (Wildman–Crippen MR) is 57.8 cm³/mol. The van der Waals surface area contributed by atoms with Gasteiger partial charge in [-0.25, -0.2) is 9.18 Å². The van der Waals surface area contributed by atoms with E-state index >= 15 is 0 Å². The quantitative estimate of drug-likeness (QED) is 0.661. The van der Waals surface area contributed by atoms with E-state index in [1.165, 1.54) is 6.07 Å². The Balaban J connectivity index is 2.28. The Kier molecular flexibility index (Phi) is 2.02. The van der Waals surface area contributed by atoms with Crippen molar-refractivity contribution in [2.45, 2.75) is 5.85 Å². The van der Waals surface area contributed by atoms with Crippen LogP contribution in [0.5, 0.6) is 0 Å². The van der Waals surface area contributed by atoms with Crippen LogP contribution >= 0.6 is 0 Å². The van der Waals surface area contributed by atoms with Crippen LogP contribution in [0.25, 0.3) is 5.57 Å². The van der Waals surface area contributed by atoms with Crippen LogP contribution < -0.4 is 0 Å². The van der Waals surface area contributed by atoms with Gasteiger partial charge in [0.2, 0.25) is 0 Å². The van der Waals surface area contributed by atoms with Gasteiger partial charge in [0.05, 0.1) is 5.56 Å². The molecular formula is C13H6F2O3. The van der Waals surface area contributed by atoms with Gasteiger partial charge in [-0.2, -0.15) is 4.39 Å². The molecule has 0 bridgehead atoms. The Labute approximate surface area is 100 Å². The van der Waals surface area contributed by atoms with Crippen LogP contribution in [0.4, 0.5) is 8.78 Å². The molecule has 3 rings (SSSR count). The number of allylic oxidation sites excluding steroid dienone is 2. The standard InChI is InChI=1S/C13H6F2O3/c14-7-1-2-9-10(5-7)12(17)18-13(15)4-3-8(16)6-11(9)13/h1-6H. The first-order valence-corrected chi connectivity index (χ1v) is 5.17. The molecule has 3 nitrogen and oxygen atoms in total. The van der Waals surface area contributed by atoms with Gasteiger partial charge >= 0.3 is 5.97 Å². The van der Waals surface area contributed by atoms with E-state index in [-0.39, 0.29) is 16.7 Å². The molecule has 18 heavy (non-hydrogen) atoms. The highest BCUT2D eigenvalue weighted by atomic mass is 19.2. The number of hydrogen-bond donors (Lipinski definition) is 0. The van der Waals surface area contributed by atoms with Gasteiger partial charge in [0, 0.05) is 11.6 Å². The lowest BCUT2D eigenvalue weighted by Crippen LogP contribution is -2.36. The Morgan fingerprint density at radius 3 is 2.72 bits per heavy atom. The highest BCUT2D eigenvalue weighted by molar-refractivity contribution is 6.11. The number of benzene rings is 1. The molecule has 5 heteroatoms. The number of rotatable bonds is 0. The molecule has 0 spiro atoms. The monoisotopic (exact) mass is 248 g/mol. The summed E-state index contributed by atoms with van der Waals surface area (Å²) in [5, 5.41) is 0. The first-order valence-electron chi connectivity index (χ1n) is 5.17. The maximum Gasteiger partial charge on any atom is 0.342 e. The van der Waals surface area contributed by atoms with Crippen LogP contribution in [0.3, 0.4) is 0 Å². The van der Waals surface area contributed by atoms with Crippen LogP contribution in [0.2, 0.25) is 0 Å². The Morgan fingerprint density at radius 2 is 1.94 bits per heavy atom. The molecule has 0 radical (unpaired) electrons. The second-order valence-corrected chi connectivity index (χ2v) is 4.02. The molecule has 0 amide bonds. The van der Waals surface area contributed by atoms with Crippen LogP contribution in [0.1, 0.15) is 15.9 Å². The third-order valence-electron chi connectivity index (χ3n) is 2.85. The topological polar surface area (TPSA) is 43.4 Å². The Morgan fingerprint density at radius 1 is 1.17 bits per heavy atom. The molecule has 1 aromatic rings. The lowest BCUT2D eigenvalue weighted by molar-refractivity contribution is -0.111. The van der Waals surface area contributed by atoms with Crippen molar-refractivity contribution in [3.63, 3.8) is 0 Å². The number of ketones is 1. The molecule has 1 atom stereocenters. The molecule has 2 aliphatic rings. The van der Waals surface area contributed by atoms with E-state index in [0.717, 1.165) is 30.4 Å². The minimum Gasteiger partial charge on any atom is -0.417 e. The summed E-state index contributed by atoms with van der Waals surface area (Å²) in [7, 11) is 0. The van der Waals surface area contributed by atoms with Gasteiger partial charge in [-0.1, -0.05) is 6.07 Å². The lowest BCUT2D eigenvalue weighted by Gasteiger charge is -2.32. The summed E-state index contributed by atoms with van der Waals surface area (Å²) in [4.78, 5) is 22.9. The first-order chi connectivity index (χ1) is 8.49. The van der Waals surface area contributed by atoms with Crippen molar-refractivity contribution in [2.24, 2.45) is 0 Å². The largest absolute Gasteiger partial charge is 0.417 e. The smallest absolute Gasteiger partial charge is 0.342 e. The summed E-state index contributed by atoms with van der Waals surface area (Å²) in [5.74, 6) is -4.44. The number of carbonyl (C=O) groups is 2. The number of carbonyl (C=O) groups excluding carboxylic acids is 2. The van der Waals surface area contributed by atoms with Crippen molar-refractivity contribution in [3.05, 3.63) is 53.4 Å². The van der Waals surface area contributed by atoms with Gasteiger partial charge in [0.15, 0.2) is 5.78 Å².